The van der Waals surface area contributed by atoms with Crippen LogP contribution in [0.15, 0.2) is 52.4 Å². The molecule has 1 N–H and O–H groups in total. The number of carbonyl (C=O) groups excluding carboxylic acids is 1. The Balaban J connectivity index is 1.91. The van der Waals surface area contributed by atoms with Crippen molar-refractivity contribution < 1.29 is 19.6 Å². The fourth-order valence-corrected chi connectivity index (χ4v) is 3.86. The van der Waals surface area contributed by atoms with Crippen molar-refractivity contribution in [3.63, 3.8) is 0 Å². The Kier molecular flexibility index (Phi) is 6.73. The number of aromatic hydroxyl groups is 1. The molecule has 1 heterocycles. The van der Waals surface area contributed by atoms with Crippen LogP contribution in [0.4, 0.5) is 11.4 Å². The third-order valence-electron chi connectivity index (χ3n) is 4.20. The summed E-state index contributed by atoms with van der Waals surface area (Å²) in [5.74, 6) is 0.122. The molecule has 0 aliphatic carbocycles. The van der Waals surface area contributed by atoms with E-state index in [1.165, 1.54) is 30.0 Å². The summed E-state index contributed by atoms with van der Waals surface area (Å²) in [5, 5.41) is 21.2. The number of carbonyl (C=O) groups is 1. The smallest absolute Gasteiger partial charge is 0.311 e. The lowest BCUT2D eigenvalue weighted by Gasteiger charge is -2.14. The van der Waals surface area contributed by atoms with Crippen molar-refractivity contribution in [1.82, 2.24) is 4.90 Å². The molecule has 1 aliphatic heterocycles. The third-order valence-corrected chi connectivity index (χ3v) is 5.21. The van der Waals surface area contributed by atoms with E-state index in [-0.39, 0.29) is 5.91 Å². The van der Waals surface area contributed by atoms with Gasteiger partial charge in [0.25, 0.3) is 5.91 Å². The number of aliphatic imine (C=N–C) groups is 1. The number of phenolic OH excluding ortho intramolecular Hbond substituents is 1. The predicted molar refractivity (Wildman–Crippen MR) is 117 cm³/mol. The molecule has 3 rings (SSSR count). The average molecular weight is 427 g/mol. The van der Waals surface area contributed by atoms with Crippen LogP contribution in [0.2, 0.25) is 0 Å². The number of hydrogen-bond donors (Lipinski definition) is 1. The fraction of sp³-hybridized carbons (Fsp3) is 0.238. The maximum absolute atomic E-state index is 12.9. The van der Waals surface area contributed by atoms with Crippen molar-refractivity contribution in [3.05, 3.63) is 63.0 Å². The van der Waals surface area contributed by atoms with E-state index in [9.17, 15) is 20.0 Å². The van der Waals surface area contributed by atoms with Crippen molar-refractivity contribution in [3.8, 4) is 11.5 Å². The number of benzene rings is 2. The lowest BCUT2D eigenvalue weighted by atomic mass is 10.1. The highest BCUT2D eigenvalue weighted by molar-refractivity contribution is 8.18. The summed E-state index contributed by atoms with van der Waals surface area (Å²) in [6.45, 7) is 4.96. The fourth-order valence-electron chi connectivity index (χ4n) is 2.83. The van der Waals surface area contributed by atoms with Gasteiger partial charge in [0.1, 0.15) is 5.75 Å². The summed E-state index contributed by atoms with van der Waals surface area (Å²) in [4.78, 5) is 29.9. The molecule has 9 heteroatoms. The van der Waals surface area contributed by atoms with Crippen molar-refractivity contribution in [2.24, 2.45) is 4.99 Å². The quantitative estimate of drug-likeness (QED) is 0.390. The van der Waals surface area contributed by atoms with Crippen LogP contribution in [0.25, 0.3) is 6.08 Å². The predicted octanol–water partition coefficient (Wildman–Crippen LogP) is 4.71. The van der Waals surface area contributed by atoms with Crippen molar-refractivity contribution in [1.29, 1.82) is 0 Å². The van der Waals surface area contributed by atoms with Gasteiger partial charge in [-0.25, -0.2) is 4.99 Å². The molecule has 0 bridgehead atoms. The van der Waals surface area contributed by atoms with Gasteiger partial charge in [-0.1, -0.05) is 13.0 Å². The minimum atomic E-state index is -0.664. The molecular weight excluding hydrogens is 406 g/mol. The van der Waals surface area contributed by atoms with Crippen LogP contribution in [0.3, 0.4) is 0 Å². The van der Waals surface area contributed by atoms with E-state index < -0.39 is 16.4 Å². The van der Waals surface area contributed by atoms with Crippen LogP contribution in [-0.2, 0) is 4.79 Å². The summed E-state index contributed by atoms with van der Waals surface area (Å²) in [7, 11) is 0. The number of amides is 1. The molecular formula is C21H21N3O5S. The van der Waals surface area contributed by atoms with E-state index in [1.807, 2.05) is 38.1 Å². The molecule has 1 fully saturated rings. The molecule has 0 unspecified atom stereocenters. The van der Waals surface area contributed by atoms with E-state index in [0.717, 1.165) is 12.2 Å². The van der Waals surface area contributed by atoms with E-state index in [4.69, 9.17) is 4.74 Å². The Morgan fingerprint density at radius 3 is 2.60 bits per heavy atom. The number of phenols is 1. The monoisotopic (exact) mass is 427 g/mol. The maximum atomic E-state index is 12.9. The van der Waals surface area contributed by atoms with Crippen molar-refractivity contribution in [2.45, 2.75) is 20.3 Å². The Morgan fingerprint density at radius 2 is 1.97 bits per heavy atom. The molecule has 2 aromatic carbocycles. The van der Waals surface area contributed by atoms with Crippen molar-refractivity contribution >= 4 is 40.3 Å². The Bertz CT molecular complexity index is 1020. The molecule has 0 atom stereocenters. The first kappa shape index (κ1) is 21.4. The number of nitro benzene ring substituents is 1. The maximum Gasteiger partial charge on any atom is 0.311 e. The van der Waals surface area contributed by atoms with Crippen molar-refractivity contribution in [2.75, 3.05) is 13.2 Å². The first-order chi connectivity index (χ1) is 14.4. The number of rotatable bonds is 7. The van der Waals surface area contributed by atoms with E-state index in [0.29, 0.717) is 34.5 Å². The minimum absolute atomic E-state index is 0.206. The Morgan fingerprint density at radius 1 is 1.23 bits per heavy atom. The van der Waals surface area contributed by atoms with Gasteiger partial charge in [0.15, 0.2) is 10.9 Å². The molecule has 1 aliphatic rings. The van der Waals surface area contributed by atoms with Gasteiger partial charge in [-0.15, -0.1) is 0 Å². The van der Waals surface area contributed by atoms with E-state index in [1.54, 1.807) is 11.0 Å². The zero-order valence-corrected chi connectivity index (χ0v) is 17.4. The summed E-state index contributed by atoms with van der Waals surface area (Å²) >= 11 is 1.21. The minimum Gasteiger partial charge on any atom is -0.502 e. The van der Waals surface area contributed by atoms with Gasteiger partial charge in [0, 0.05) is 12.6 Å². The number of nitro groups is 1. The number of amidine groups is 1. The zero-order chi connectivity index (χ0) is 21.7. The van der Waals surface area contributed by atoms with Gasteiger partial charge in [-0.2, -0.15) is 0 Å². The third kappa shape index (κ3) is 4.80. The molecule has 30 heavy (non-hydrogen) atoms. The summed E-state index contributed by atoms with van der Waals surface area (Å²) in [5.41, 5.74) is 0.735. The van der Waals surface area contributed by atoms with Gasteiger partial charge in [0.2, 0.25) is 0 Å². The average Bonchev–Trinajstić information content (AvgIpc) is 3.00. The lowest BCUT2D eigenvalue weighted by Crippen LogP contribution is -2.29. The van der Waals surface area contributed by atoms with Gasteiger partial charge in [-0.05, 0) is 67.1 Å². The van der Waals surface area contributed by atoms with Crippen LogP contribution in [0, 0.1) is 10.1 Å². The van der Waals surface area contributed by atoms with Crippen LogP contribution in [-0.4, -0.2) is 39.2 Å². The summed E-state index contributed by atoms with van der Waals surface area (Å²) < 4.78 is 5.43. The molecule has 1 saturated heterocycles. The lowest BCUT2D eigenvalue weighted by molar-refractivity contribution is -0.385. The van der Waals surface area contributed by atoms with Crippen LogP contribution in [0.1, 0.15) is 25.8 Å². The zero-order valence-electron chi connectivity index (χ0n) is 16.6. The first-order valence-corrected chi connectivity index (χ1v) is 10.2. The number of hydrogen-bond acceptors (Lipinski definition) is 7. The molecule has 0 aromatic heterocycles. The van der Waals surface area contributed by atoms with E-state index >= 15 is 0 Å². The van der Waals surface area contributed by atoms with Gasteiger partial charge < -0.3 is 9.84 Å². The largest absolute Gasteiger partial charge is 0.502 e. The number of ether oxygens (including phenoxy) is 1. The highest BCUT2D eigenvalue weighted by atomic mass is 32.2. The van der Waals surface area contributed by atoms with Crippen LogP contribution in [0.5, 0.6) is 11.5 Å². The molecule has 2 aromatic rings. The molecule has 156 valence electrons. The highest BCUT2D eigenvalue weighted by Gasteiger charge is 2.33. The second kappa shape index (κ2) is 9.45. The Hall–Kier alpha value is -3.33. The molecule has 0 radical (unpaired) electrons. The SMILES string of the molecule is CCCN1C(=O)/C(=C/c2ccc(O)c([N+](=O)[O-])c2)SC1=Nc1ccc(OCC)cc1. The van der Waals surface area contributed by atoms with Crippen LogP contribution < -0.4 is 4.74 Å². The number of thioether (sulfide) groups is 1. The topological polar surface area (TPSA) is 105 Å². The summed E-state index contributed by atoms with van der Waals surface area (Å²) in [6.07, 6.45) is 2.33. The van der Waals surface area contributed by atoms with Crippen LogP contribution >= 0.6 is 11.8 Å². The van der Waals surface area contributed by atoms with E-state index in [2.05, 4.69) is 4.99 Å². The number of nitrogens with zero attached hydrogens (tertiary/aromatic N) is 3. The molecule has 1 amide bonds. The van der Waals surface area contributed by atoms with Gasteiger partial charge in [-0.3, -0.25) is 19.8 Å². The molecule has 0 spiro atoms. The summed E-state index contributed by atoms with van der Waals surface area (Å²) in [6, 6.07) is 11.3. The van der Waals surface area contributed by atoms with Gasteiger partial charge in [0.05, 0.1) is 22.1 Å². The second-order valence-corrected chi connectivity index (χ2v) is 7.40. The highest BCUT2D eigenvalue weighted by Crippen LogP contribution is 2.35. The first-order valence-electron chi connectivity index (χ1n) is 9.43. The normalized spacial score (nSPS) is 16.5. The standard InChI is InChI=1S/C21H21N3O5S/c1-3-11-23-20(26)19(13-14-5-10-18(25)17(12-14)24(27)28)30-21(23)22-15-6-8-16(9-7-15)29-4-2/h5-10,12-13,25H,3-4,11H2,1-2H3/b19-13-,22-21?. The van der Waals surface area contributed by atoms with Gasteiger partial charge >= 0.3 is 5.69 Å². The molecule has 8 nitrogen and oxygen atoms in total. The second-order valence-electron chi connectivity index (χ2n) is 6.39. The molecule has 0 saturated carbocycles. The Labute approximate surface area is 178 Å².